The van der Waals surface area contributed by atoms with Gasteiger partial charge in [0.25, 0.3) is 0 Å². The summed E-state index contributed by atoms with van der Waals surface area (Å²) in [4.78, 5) is 13.8. The van der Waals surface area contributed by atoms with E-state index in [9.17, 15) is 0 Å². The number of hydrogen-bond acceptors (Lipinski definition) is 7. The molecule has 3 aromatic rings. The minimum absolute atomic E-state index is 0.146. The summed E-state index contributed by atoms with van der Waals surface area (Å²) in [7, 11) is 1.87. The van der Waals surface area contributed by atoms with Crippen LogP contribution in [0.15, 0.2) is 10.7 Å². The third-order valence-corrected chi connectivity index (χ3v) is 3.81. The van der Waals surface area contributed by atoms with Crippen LogP contribution in [-0.2, 0) is 24.4 Å². The number of aromatic nitrogens is 6. The highest BCUT2D eigenvalue weighted by atomic mass is 16.5. The van der Waals surface area contributed by atoms with Gasteiger partial charge in [-0.15, -0.1) is 0 Å². The summed E-state index contributed by atoms with van der Waals surface area (Å²) in [6.45, 7) is 12.8. The smallest absolute Gasteiger partial charge is 0.246 e. The van der Waals surface area contributed by atoms with Crippen LogP contribution < -0.4 is 5.32 Å². The summed E-state index contributed by atoms with van der Waals surface area (Å²) in [6.07, 6.45) is 1.76. The second-order valence-electron chi connectivity index (χ2n) is 8.27. The lowest BCUT2D eigenvalue weighted by Gasteiger charge is -2.18. The van der Waals surface area contributed by atoms with Gasteiger partial charge in [-0.25, -0.2) is 9.97 Å². The minimum Gasteiger partial charge on any atom is -0.360 e. The molecule has 3 rings (SSSR count). The highest BCUT2D eigenvalue weighted by Crippen LogP contribution is 2.26. The predicted octanol–water partition coefficient (Wildman–Crippen LogP) is 2.95. The van der Waals surface area contributed by atoms with Crippen LogP contribution >= 0.6 is 0 Å². The highest BCUT2D eigenvalue weighted by Gasteiger charge is 2.23. The van der Waals surface area contributed by atoms with Gasteiger partial charge in [-0.2, -0.15) is 10.1 Å². The van der Waals surface area contributed by atoms with Crippen molar-refractivity contribution >= 4 is 16.9 Å². The molecule has 0 amide bonds. The van der Waals surface area contributed by atoms with E-state index >= 15 is 0 Å². The Labute approximate surface area is 147 Å². The fourth-order valence-corrected chi connectivity index (χ4v) is 2.28. The number of fused-ring (bicyclic) bond motifs is 1. The second kappa shape index (κ2) is 5.79. The topological polar surface area (TPSA) is 94.6 Å². The van der Waals surface area contributed by atoms with Gasteiger partial charge in [-0.3, -0.25) is 4.68 Å². The molecule has 25 heavy (non-hydrogen) atoms. The van der Waals surface area contributed by atoms with Gasteiger partial charge in [0.1, 0.15) is 11.6 Å². The zero-order chi connectivity index (χ0) is 18.4. The first-order valence-electron chi connectivity index (χ1n) is 8.33. The molecule has 1 N–H and O–H groups in total. The Balaban J connectivity index is 1.91. The zero-order valence-corrected chi connectivity index (χ0v) is 15.9. The van der Waals surface area contributed by atoms with Crippen molar-refractivity contribution in [2.75, 3.05) is 5.32 Å². The largest absolute Gasteiger partial charge is 0.360 e. The normalized spacial score (nSPS) is 12.8. The maximum Gasteiger partial charge on any atom is 0.246 e. The number of nitrogens with one attached hydrogen (secondary N) is 1. The summed E-state index contributed by atoms with van der Waals surface area (Å²) in [5.41, 5.74) is 0.481. The number of anilines is 1. The molecule has 0 saturated carbocycles. The fourth-order valence-electron chi connectivity index (χ4n) is 2.28. The summed E-state index contributed by atoms with van der Waals surface area (Å²) in [5.74, 6) is 2.69. The van der Waals surface area contributed by atoms with Crippen LogP contribution in [-0.4, -0.2) is 29.9 Å². The van der Waals surface area contributed by atoms with E-state index in [1.54, 1.807) is 10.9 Å². The molecule has 0 unspecified atom stereocenters. The molecule has 0 aliphatic rings. The van der Waals surface area contributed by atoms with E-state index in [1.165, 1.54) is 0 Å². The third-order valence-electron chi connectivity index (χ3n) is 3.81. The standard InChI is InChI=1S/C17H25N7O/c1-16(2,3)14-21-12(10-8-19-24(7)13(10)22-14)18-9-11-20-15(23-25-11)17(4,5)6/h8H,9H2,1-7H3,(H,18,21,22). The molecule has 0 aliphatic heterocycles. The van der Waals surface area contributed by atoms with E-state index in [1.807, 2.05) is 27.8 Å². The van der Waals surface area contributed by atoms with Crippen molar-refractivity contribution in [1.29, 1.82) is 0 Å². The van der Waals surface area contributed by atoms with Gasteiger partial charge in [-0.05, 0) is 0 Å². The molecule has 0 fully saturated rings. The maximum absolute atomic E-state index is 5.34. The van der Waals surface area contributed by atoms with Gasteiger partial charge < -0.3 is 9.84 Å². The van der Waals surface area contributed by atoms with Crippen LogP contribution in [0, 0.1) is 0 Å². The molecule has 0 saturated heterocycles. The molecule has 3 aromatic heterocycles. The SMILES string of the molecule is Cn1ncc2c(NCc3nc(C(C)(C)C)no3)nc(C(C)(C)C)nc21. The summed E-state index contributed by atoms with van der Waals surface area (Å²) in [6, 6.07) is 0. The van der Waals surface area contributed by atoms with Gasteiger partial charge in [-0.1, -0.05) is 46.7 Å². The van der Waals surface area contributed by atoms with Crippen molar-refractivity contribution in [3.63, 3.8) is 0 Å². The van der Waals surface area contributed by atoms with Crippen molar-refractivity contribution in [2.24, 2.45) is 7.05 Å². The molecule has 134 valence electrons. The zero-order valence-electron chi connectivity index (χ0n) is 15.9. The van der Waals surface area contributed by atoms with Crippen molar-refractivity contribution in [3.05, 3.63) is 23.7 Å². The molecule has 0 radical (unpaired) electrons. The molecule has 0 bridgehead atoms. The van der Waals surface area contributed by atoms with E-state index in [4.69, 9.17) is 9.51 Å². The number of rotatable bonds is 3. The number of nitrogens with zero attached hydrogens (tertiary/aromatic N) is 6. The van der Waals surface area contributed by atoms with E-state index < -0.39 is 0 Å². The van der Waals surface area contributed by atoms with Crippen LogP contribution in [0.25, 0.3) is 11.0 Å². The van der Waals surface area contributed by atoms with E-state index in [0.717, 1.165) is 22.7 Å². The Hall–Kier alpha value is -2.51. The van der Waals surface area contributed by atoms with Gasteiger partial charge in [0.2, 0.25) is 5.89 Å². The first-order valence-corrected chi connectivity index (χ1v) is 8.33. The van der Waals surface area contributed by atoms with Crippen molar-refractivity contribution < 1.29 is 4.52 Å². The number of hydrogen-bond donors (Lipinski definition) is 1. The van der Waals surface area contributed by atoms with Crippen LogP contribution in [0.5, 0.6) is 0 Å². The lowest BCUT2D eigenvalue weighted by Crippen LogP contribution is -2.18. The number of aryl methyl sites for hydroxylation is 1. The van der Waals surface area contributed by atoms with Gasteiger partial charge in [0.15, 0.2) is 11.5 Å². The lowest BCUT2D eigenvalue weighted by atomic mass is 9.95. The summed E-state index contributed by atoms with van der Waals surface area (Å²) < 4.78 is 7.09. The van der Waals surface area contributed by atoms with E-state index in [2.05, 4.69) is 46.3 Å². The van der Waals surface area contributed by atoms with E-state index in [-0.39, 0.29) is 10.8 Å². The first kappa shape index (κ1) is 17.3. The minimum atomic E-state index is -0.168. The molecule has 0 aromatic carbocycles. The maximum atomic E-state index is 5.34. The van der Waals surface area contributed by atoms with Gasteiger partial charge in [0, 0.05) is 17.9 Å². The predicted molar refractivity (Wildman–Crippen MR) is 95.3 cm³/mol. The molecule has 8 nitrogen and oxygen atoms in total. The van der Waals surface area contributed by atoms with Crippen LogP contribution in [0.4, 0.5) is 5.82 Å². The molecule has 0 aliphatic carbocycles. The van der Waals surface area contributed by atoms with Gasteiger partial charge in [0.05, 0.1) is 18.1 Å². The Kier molecular flexibility index (Phi) is 4.01. The lowest BCUT2D eigenvalue weighted by molar-refractivity contribution is 0.367. The van der Waals surface area contributed by atoms with Crippen molar-refractivity contribution in [1.82, 2.24) is 29.9 Å². The average molecular weight is 343 g/mol. The molecule has 0 atom stereocenters. The molecular formula is C17H25N7O. The van der Waals surface area contributed by atoms with E-state index in [0.29, 0.717) is 18.3 Å². The Morgan fingerprint density at radius 1 is 1.00 bits per heavy atom. The Morgan fingerprint density at radius 3 is 2.28 bits per heavy atom. The summed E-state index contributed by atoms with van der Waals surface area (Å²) in [5, 5.41) is 12.5. The van der Waals surface area contributed by atoms with Crippen molar-refractivity contribution in [2.45, 2.75) is 58.9 Å². The summed E-state index contributed by atoms with van der Waals surface area (Å²) >= 11 is 0. The second-order valence-corrected chi connectivity index (χ2v) is 8.27. The fraction of sp³-hybridized carbons (Fsp3) is 0.588. The van der Waals surface area contributed by atoms with Crippen molar-refractivity contribution in [3.8, 4) is 0 Å². The quantitative estimate of drug-likeness (QED) is 0.781. The van der Waals surface area contributed by atoms with Crippen LogP contribution in [0.2, 0.25) is 0 Å². The monoisotopic (exact) mass is 343 g/mol. The third kappa shape index (κ3) is 3.47. The Bertz CT molecular complexity index is 896. The highest BCUT2D eigenvalue weighted by molar-refractivity contribution is 5.86. The first-order chi connectivity index (χ1) is 11.6. The van der Waals surface area contributed by atoms with Crippen LogP contribution in [0.1, 0.15) is 59.1 Å². The van der Waals surface area contributed by atoms with Gasteiger partial charge >= 0.3 is 0 Å². The van der Waals surface area contributed by atoms with Crippen LogP contribution in [0.3, 0.4) is 0 Å². The molecule has 8 heteroatoms. The molecular weight excluding hydrogens is 318 g/mol. The average Bonchev–Trinajstić information content (AvgIpc) is 3.11. The molecule has 3 heterocycles. The molecule has 0 spiro atoms. The Morgan fingerprint density at radius 2 is 1.68 bits per heavy atom.